The van der Waals surface area contributed by atoms with Crippen LogP contribution in [0.15, 0.2) is 66.7 Å². The summed E-state index contributed by atoms with van der Waals surface area (Å²) in [5.41, 5.74) is 3.57. The van der Waals surface area contributed by atoms with Gasteiger partial charge in [0.15, 0.2) is 11.5 Å². The molecule has 0 aliphatic heterocycles. The van der Waals surface area contributed by atoms with E-state index in [1.165, 1.54) is 5.56 Å². The molecule has 0 heterocycles. The molecule has 0 aromatic heterocycles. The number of anilines is 2. The van der Waals surface area contributed by atoms with Crippen LogP contribution in [0.2, 0.25) is 5.02 Å². The summed E-state index contributed by atoms with van der Waals surface area (Å²) in [6.07, 6.45) is 0.853. The highest BCUT2D eigenvalue weighted by Crippen LogP contribution is 2.31. The Bertz CT molecular complexity index is 993. The lowest BCUT2D eigenvalue weighted by Gasteiger charge is -2.13. The maximum atomic E-state index is 12.4. The predicted octanol–water partition coefficient (Wildman–Crippen LogP) is 5.54. The molecule has 0 spiro atoms. The summed E-state index contributed by atoms with van der Waals surface area (Å²) in [5.74, 6) is 1.21. The van der Waals surface area contributed by atoms with Gasteiger partial charge in [0.2, 0.25) is 5.91 Å². The number of hydrogen-bond donors (Lipinski definition) is 2. The van der Waals surface area contributed by atoms with Crippen LogP contribution in [0, 0.1) is 0 Å². The molecular formula is C24H25ClN2O3. The zero-order valence-electron chi connectivity index (χ0n) is 17.1. The van der Waals surface area contributed by atoms with E-state index < -0.39 is 0 Å². The number of nitrogens with one attached hydrogen (secondary N) is 2. The number of rotatable bonds is 9. The average molecular weight is 425 g/mol. The summed E-state index contributed by atoms with van der Waals surface area (Å²) in [4.78, 5) is 12.4. The van der Waals surface area contributed by atoms with Gasteiger partial charge in [-0.05, 0) is 41.8 Å². The van der Waals surface area contributed by atoms with E-state index in [9.17, 15) is 4.79 Å². The van der Waals surface area contributed by atoms with Crippen molar-refractivity contribution in [3.63, 3.8) is 0 Å². The van der Waals surface area contributed by atoms with E-state index in [4.69, 9.17) is 21.1 Å². The monoisotopic (exact) mass is 424 g/mol. The van der Waals surface area contributed by atoms with Crippen LogP contribution in [-0.2, 0) is 17.8 Å². The minimum absolute atomic E-state index is 0.0964. The molecule has 0 unspecified atom stereocenters. The molecule has 30 heavy (non-hydrogen) atoms. The molecule has 0 fully saturated rings. The number of carbonyl (C=O) groups is 1. The second kappa shape index (κ2) is 10.6. The molecule has 0 aliphatic rings. The van der Waals surface area contributed by atoms with Crippen LogP contribution in [0.4, 0.5) is 11.4 Å². The van der Waals surface area contributed by atoms with Crippen LogP contribution in [0.3, 0.4) is 0 Å². The third-order valence-electron chi connectivity index (χ3n) is 4.68. The lowest BCUT2D eigenvalue weighted by Crippen LogP contribution is -2.13. The van der Waals surface area contributed by atoms with Crippen molar-refractivity contribution in [3.8, 4) is 11.5 Å². The van der Waals surface area contributed by atoms with Gasteiger partial charge in [-0.25, -0.2) is 0 Å². The van der Waals surface area contributed by atoms with Crippen molar-refractivity contribution in [2.24, 2.45) is 0 Å². The number of hydrogen-bond acceptors (Lipinski definition) is 4. The number of methoxy groups -OCH3 is 2. The number of benzene rings is 3. The number of carbonyl (C=O) groups excluding carboxylic acids is 1. The van der Waals surface area contributed by atoms with E-state index in [2.05, 4.69) is 10.6 Å². The molecule has 6 heteroatoms. The number of halogens is 1. The quantitative estimate of drug-likeness (QED) is 0.473. The smallest absolute Gasteiger partial charge is 0.224 e. The van der Waals surface area contributed by atoms with E-state index >= 15 is 0 Å². The first-order chi connectivity index (χ1) is 14.6. The lowest BCUT2D eigenvalue weighted by atomic mass is 10.1. The van der Waals surface area contributed by atoms with Crippen LogP contribution in [0.25, 0.3) is 0 Å². The Morgan fingerprint density at radius 2 is 1.77 bits per heavy atom. The summed E-state index contributed by atoms with van der Waals surface area (Å²) in [7, 11) is 3.19. The molecule has 0 radical (unpaired) electrons. The zero-order valence-corrected chi connectivity index (χ0v) is 17.8. The van der Waals surface area contributed by atoms with Crippen LogP contribution in [0.1, 0.15) is 17.5 Å². The van der Waals surface area contributed by atoms with E-state index in [1.54, 1.807) is 20.3 Å². The molecule has 3 rings (SSSR count). The summed E-state index contributed by atoms with van der Waals surface area (Å²) >= 11 is 6.38. The summed E-state index contributed by atoms with van der Waals surface area (Å²) in [6, 6.07) is 21.2. The van der Waals surface area contributed by atoms with E-state index in [-0.39, 0.29) is 5.91 Å². The molecule has 2 N–H and O–H groups in total. The molecule has 0 aliphatic carbocycles. The first-order valence-corrected chi connectivity index (χ1v) is 10.1. The zero-order chi connectivity index (χ0) is 21.3. The van der Waals surface area contributed by atoms with Crippen LogP contribution >= 0.6 is 11.6 Å². The Balaban J connectivity index is 1.56. The van der Waals surface area contributed by atoms with Gasteiger partial charge < -0.3 is 20.1 Å². The van der Waals surface area contributed by atoms with E-state index in [1.807, 2.05) is 60.7 Å². The minimum Gasteiger partial charge on any atom is -0.493 e. The summed E-state index contributed by atoms with van der Waals surface area (Å²) in [5, 5.41) is 6.76. The van der Waals surface area contributed by atoms with Crippen molar-refractivity contribution in [1.29, 1.82) is 0 Å². The predicted molar refractivity (Wildman–Crippen MR) is 122 cm³/mol. The van der Waals surface area contributed by atoms with Crippen molar-refractivity contribution in [3.05, 3.63) is 82.9 Å². The molecule has 0 bridgehead atoms. The Hall–Kier alpha value is -3.18. The fourth-order valence-electron chi connectivity index (χ4n) is 3.15. The molecule has 3 aromatic rings. The highest BCUT2D eigenvalue weighted by Gasteiger charge is 2.12. The molecular weight excluding hydrogens is 400 g/mol. The first-order valence-electron chi connectivity index (χ1n) is 9.67. The van der Waals surface area contributed by atoms with E-state index in [0.717, 1.165) is 11.3 Å². The topological polar surface area (TPSA) is 59.6 Å². The number of para-hydroxylation sites is 1. The molecule has 0 saturated carbocycles. The Kier molecular flexibility index (Phi) is 7.57. The average Bonchev–Trinajstić information content (AvgIpc) is 2.77. The normalized spacial score (nSPS) is 10.4. The summed E-state index contributed by atoms with van der Waals surface area (Å²) < 4.78 is 10.7. The maximum Gasteiger partial charge on any atom is 0.224 e. The number of aryl methyl sites for hydroxylation is 1. The standard InChI is InChI=1S/C24H25ClN2O3/c1-29-22-10-6-9-18(24(22)30-2)11-14-23(28)27-19-12-13-21(20(25)15-19)26-16-17-7-4-3-5-8-17/h3-10,12-13,15,26H,11,14,16H2,1-2H3,(H,27,28). The van der Waals surface area contributed by atoms with Crippen molar-refractivity contribution < 1.29 is 14.3 Å². The van der Waals surface area contributed by atoms with Gasteiger partial charge in [-0.1, -0.05) is 54.1 Å². The largest absolute Gasteiger partial charge is 0.493 e. The van der Waals surface area contributed by atoms with Crippen LogP contribution < -0.4 is 20.1 Å². The van der Waals surface area contributed by atoms with Gasteiger partial charge in [0.1, 0.15) is 0 Å². The molecule has 3 aromatic carbocycles. The van der Waals surface area contributed by atoms with Crippen molar-refractivity contribution in [2.75, 3.05) is 24.9 Å². The summed E-state index contributed by atoms with van der Waals surface area (Å²) in [6.45, 7) is 0.675. The van der Waals surface area contributed by atoms with Crippen molar-refractivity contribution >= 4 is 28.9 Å². The Morgan fingerprint density at radius 1 is 0.967 bits per heavy atom. The second-order valence-electron chi connectivity index (χ2n) is 6.73. The third kappa shape index (κ3) is 5.67. The molecule has 156 valence electrons. The van der Waals surface area contributed by atoms with Gasteiger partial charge in [-0.3, -0.25) is 4.79 Å². The fraction of sp³-hybridized carbons (Fsp3) is 0.208. The SMILES string of the molecule is COc1cccc(CCC(=O)Nc2ccc(NCc3ccccc3)c(Cl)c2)c1OC. The highest BCUT2D eigenvalue weighted by molar-refractivity contribution is 6.33. The lowest BCUT2D eigenvalue weighted by molar-refractivity contribution is -0.116. The Labute approximate surface area is 182 Å². The third-order valence-corrected chi connectivity index (χ3v) is 5.00. The minimum atomic E-state index is -0.0964. The van der Waals surface area contributed by atoms with Crippen LogP contribution in [0.5, 0.6) is 11.5 Å². The Morgan fingerprint density at radius 3 is 2.47 bits per heavy atom. The first kappa shape index (κ1) is 21.5. The van der Waals surface area contributed by atoms with Gasteiger partial charge in [-0.15, -0.1) is 0 Å². The fourth-order valence-corrected chi connectivity index (χ4v) is 3.40. The maximum absolute atomic E-state index is 12.4. The van der Waals surface area contributed by atoms with Gasteiger partial charge in [0.05, 0.1) is 24.9 Å². The van der Waals surface area contributed by atoms with Gasteiger partial charge in [-0.2, -0.15) is 0 Å². The molecule has 5 nitrogen and oxygen atoms in total. The highest BCUT2D eigenvalue weighted by atomic mass is 35.5. The second-order valence-corrected chi connectivity index (χ2v) is 7.14. The van der Waals surface area contributed by atoms with Crippen molar-refractivity contribution in [1.82, 2.24) is 0 Å². The van der Waals surface area contributed by atoms with Gasteiger partial charge in [0, 0.05) is 18.7 Å². The number of amides is 1. The van der Waals surface area contributed by atoms with Gasteiger partial charge >= 0.3 is 0 Å². The molecule has 1 amide bonds. The number of ether oxygens (including phenoxy) is 2. The van der Waals surface area contributed by atoms with Crippen molar-refractivity contribution in [2.45, 2.75) is 19.4 Å². The van der Waals surface area contributed by atoms with Gasteiger partial charge in [0.25, 0.3) is 0 Å². The van der Waals surface area contributed by atoms with E-state index in [0.29, 0.717) is 41.6 Å². The van der Waals surface area contributed by atoms with Crippen LogP contribution in [-0.4, -0.2) is 20.1 Å². The molecule has 0 atom stereocenters. The molecule has 0 saturated heterocycles.